The SMILES string of the molecule is Cc1ccc(C(=O)Nc2ccc3cccnc3c2)cc1C#C/C1=C/NSC/C(Nc2cnn(C)c2)=C\C=C/N1C. The van der Waals surface area contributed by atoms with Crippen LogP contribution in [-0.2, 0) is 7.05 Å². The second-order valence-electron chi connectivity index (χ2n) is 9.25. The van der Waals surface area contributed by atoms with Gasteiger partial charge < -0.3 is 20.3 Å². The molecule has 5 rings (SSSR count). The monoisotopic (exact) mass is 547 g/mol. The van der Waals surface area contributed by atoms with Gasteiger partial charge in [0.15, 0.2) is 0 Å². The lowest BCUT2D eigenvalue weighted by Gasteiger charge is -2.16. The number of aromatic nitrogens is 3. The smallest absolute Gasteiger partial charge is 0.255 e. The Bertz CT molecular complexity index is 1710. The highest BCUT2D eigenvalue weighted by atomic mass is 32.2. The van der Waals surface area contributed by atoms with E-state index in [2.05, 4.69) is 37.3 Å². The maximum atomic E-state index is 13.0. The van der Waals surface area contributed by atoms with Crippen LogP contribution in [0.15, 0.2) is 103 Å². The largest absolute Gasteiger partial charge is 0.356 e. The summed E-state index contributed by atoms with van der Waals surface area (Å²) < 4.78 is 5.04. The number of amides is 1. The molecule has 0 radical (unpaired) electrons. The van der Waals surface area contributed by atoms with Crippen LogP contribution in [0.5, 0.6) is 0 Å². The minimum Gasteiger partial charge on any atom is -0.356 e. The number of carbonyl (C=O) groups is 1. The molecule has 0 saturated carbocycles. The zero-order valence-electron chi connectivity index (χ0n) is 22.5. The lowest BCUT2D eigenvalue weighted by Crippen LogP contribution is -2.13. The molecule has 0 saturated heterocycles. The number of fused-ring (bicyclic) bond motifs is 1. The van der Waals surface area contributed by atoms with Gasteiger partial charge in [-0.25, -0.2) is 0 Å². The van der Waals surface area contributed by atoms with Crippen molar-refractivity contribution in [3.8, 4) is 11.8 Å². The molecule has 0 unspecified atom stereocenters. The molecule has 1 aliphatic rings. The number of pyridine rings is 1. The number of benzene rings is 2. The molecule has 9 heteroatoms. The van der Waals surface area contributed by atoms with Crippen molar-refractivity contribution in [2.75, 3.05) is 23.4 Å². The van der Waals surface area contributed by atoms with Crippen LogP contribution in [0.2, 0.25) is 0 Å². The van der Waals surface area contributed by atoms with E-state index in [0.717, 1.165) is 44.9 Å². The number of hydrogen-bond donors (Lipinski definition) is 3. The number of allylic oxidation sites excluding steroid dienone is 3. The highest BCUT2D eigenvalue weighted by Crippen LogP contribution is 2.19. The van der Waals surface area contributed by atoms with Crippen LogP contribution in [0.4, 0.5) is 11.4 Å². The lowest BCUT2D eigenvalue weighted by atomic mass is 10.0. The Hall–Kier alpha value is -4.94. The van der Waals surface area contributed by atoms with E-state index >= 15 is 0 Å². The van der Waals surface area contributed by atoms with Crippen molar-refractivity contribution in [3.05, 3.63) is 120 Å². The minimum atomic E-state index is -0.197. The molecule has 2 aromatic heterocycles. The molecule has 3 heterocycles. The van der Waals surface area contributed by atoms with Crippen LogP contribution in [0.25, 0.3) is 10.9 Å². The van der Waals surface area contributed by atoms with Crippen molar-refractivity contribution in [1.29, 1.82) is 0 Å². The van der Waals surface area contributed by atoms with E-state index in [1.165, 1.54) is 0 Å². The van der Waals surface area contributed by atoms with Gasteiger partial charge >= 0.3 is 0 Å². The van der Waals surface area contributed by atoms with E-state index in [-0.39, 0.29) is 5.91 Å². The molecule has 0 fully saturated rings. The number of aryl methyl sites for hydroxylation is 2. The molecule has 8 nitrogen and oxygen atoms in total. The number of nitrogens with one attached hydrogen (secondary N) is 3. The third kappa shape index (κ3) is 6.73. The average molecular weight is 548 g/mol. The fraction of sp³-hybridized carbons (Fsp3) is 0.129. The molecule has 1 aliphatic heterocycles. The first kappa shape index (κ1) is 26.7. The second-order valence-corrected chi connectivity index (χ2v) is 10.1. The predicted molar refractivity (Wildman–Crippen MR) is 163 cm³/mol. The third-order valence-corrected chi connectivity index (χ3v) is 6.93. The summed E-state index contributed by atoms with van der Waals surface area (Å²) >= 11 is 1.55. The van der Waals surface area contributed by atoms with Crippen molar-refractivity contribution in [3.63, 3.8) is 0 Å². The first-order valence-electron chi connectivity index (χ1n) is 12.7. The Morgan fingerprint density at radius 2 is 2.00 bits per heavy atom. The topological polar surface area (TPSA) is 87.1 Å². The van der Waals surface area contributed by atoms with Gasteiger partial charge in [-0.1, -0.05) is 24.1 Å². The van der Waals surface area contributed by atoms with Crippen LogP contribution in [0.3, 0.4) is 0 Å². The summed E-state index contributed by atoms with van der Waals surface area (Å²) in [5.41, 5.74) is 6.62. The fourth-order valence-electron chi connectivity index (χ4n) is 3.99. The molecule has 2 aromatic carbocycles. The van der Waals surface area contributed by atoms with E-state index in [1.54, 1.807) is 29.0 Å². The average Bonchev–Trinajstić information content (AvgIpc) is 3.37. The van der Waals surface area contributed by atoms with Gasteiger partial charge in [-0.2, -0.15) is 5.10 Å². The van der Waals surface area contributed by atoms with E-state index in [4.69, 9.17) is 0 Å². The van der Waals surface area contributed by atoms with E-state index in [1.807, 2.05) is 105 Å². The summed E-state index contributed by atoms with van der Waals surface area (Å²) in [5.74, 6) is 7.04. The highest BCUT2D eigenvalue weighted by Gasteiger charge is 2.09. The number of nitrogens with zero attached hydrogens (tertiary/aromatic N) is 4. The van der Waals surface area contributed by atoms with Gasteiger partial charge in [-0.05, 0) is 72.8 Å². The summed E-state index contributed by atoms with van der Waals surface area (Å²) in [6.07, 6.45) is 13.3. The molecule has 40 heavy (non-hydrogen) atoms. The van der Waals surface area contributed by atoms with Gasteiger partial charge in [0.25, 0.3) is 5.91 Å². The Morgan fingerprint density at radius 3 is 2.85 bits per heavy atom. The maximum absolute atomic E-state index is 13.0. The van der Waals surface area contributed by atoms with Crippen LogP contribution in [-0.4, -0.2) is 38.4 Å². The summed E-state index contributed by atoms with van der Waals surface area (Å²) in [6, 6.07) is 15.1. The summed E-state index contributed by atoms with van der Waals surface area (Å²) in [7, 11) is 3.84. The molecule has 200 valence electrons. The van der Waals surface area contributed by atoms with Crippen LogP contribution in [0, 0.1) is 18.8 Å². The quantitative estimate of drug-likeness (QED) is 0.233. The standard InChI is InChI=1S/C31H29N7OS/c1-22-8-9-25(31(39)36-26-12-10-23-6-4-14-32-30(23)17-26)16-24(22)11-13-29-19-34-40-21-27(7-5-15-37(29)2)35-28-18-33-38(3)20-28/h4-10,12,14-20,34-35H,21H2,1-3H3,(H,36,39)/b15-5-,27-7+,29-19-. The van der Waals surface area contributed by atoms with Crippen LogP contribution >= 0.6 is 11.9 Å². The molecular weight excluding hydrogens is 518 g/mol. The van der Waals surface area contributed by atoms with Gasteiger partial charge in [-0.3, -0.25) is 14.5 Å². The molecule has 0 bridgehead atoms. The third-order valence-electron chi connectivity index (χ3n) is 6.19. The van der Waals surface area contributed by atoms with Gasteiger partial charge in [0.1, 0.15) is 5.70 Å². The zero-order valence-corrected chi connectivity index (χ0v) is 23.3. The van der Waals surface area contributed by atoms with Gasteiger partial charge in [0.2, 0.25) is 0 Å². The predicted octanol–water partition coefficient (Wildman–Crippen LogP) is 5.41. The second kappa shape index (κ2) is 12.3. The normalized spacial score (nSPS) is 16.8. The van der Waals surface area contributed by atoms with Crippen molar-refractivity contribution < 1.29 is 4.79 Å². The summed E-state index contributed by atoms with van der Waals surface area (Å²) in [4.78, 5) is 19.3. The van der Waals surface area contributed by atoms with E-state index < -0.39 is 0 Å². The Morgan fingerprint density at radius 1 is 1.10 bits per heavy atom. The highest BCUT2D eigenvalue weighted by molar-refractivity contribution is 7.97. The van der Waals surface area contributed by atoms with Gasteiger partial charge in [0, 0.05) is 66.8 Å². The number of hydrogen-bond acceptors (Lipinski definition) is 7. The molecule has 1 amide bonds. The van der Waals surface area contributed by atoms with Crippen molar-refractivity contribution in [2.45, 2.75) is 6.92 Å². The minimum absolute atomic E-state index is 0.197. The molecule has 0 atom stereocenters. The number of anilines is 2. The van der Waals surface area contributed by atoms with Crippen molar-refractivity contribution in [2.24, 2.45) is 7.05 Å². The van der Waals surface area contributed by atoms with E-state index in [0.29, 0.717) is 11.3 Å². The van der Waals surface area contributed by atoms with Crippen molar-refractivity contribution in [1.82, 2.24) is 24.4 Å². The molecule has 3 N–H and O–H groups in total. The Kier molecular flexibility index (Phi) is 8.18. The number of rotatable bonds is 4. The van der Waals surface area contributed by atoms with E-state index in [9.17, 15) is 4.79 Å². The molecule has 0 aliphatic carbocycles. The zero-order chi connectivity index (χ0) is 27.9. The molecular formula is C31H29N7OS. The first-order valence-corrected chi connectivity index (χ1v) is 13.7. The van der Waals surface area contributed by atoms with Crippen LogP contribution < -0.4 is 15.4 Å². The Balaban J connectivity index is 1.30. The lowest BCUT2D eigenvalue weighted by molar-refractivity contribution is 0.102. The van der Waals surface area contributed by atoms with Crippen LogP contribution in [0.1, 0.15) is 21.5 Å². The summed E-state index contributed by atoms with van der Waals surface area (Å²) in [6.45, 7) is 1.99. The van der Waals surface area contributed by atoms with Crippen molar-refractivity contribution >= 4 is 40.1 Å². The maximum Gasteiger partial charge on any atom is 0.255 e. The van der Waals surface area contributed by atoms with Gasteiger partial charge in [0.05, 0.1) is 23.2 Å². The first-order chi connectivity index (χ1) is 19.4. The molecule has 0 spiro atoms. The summed E-state index contributed by atoms with van der Waals surface area (Å²) in [5, 5.41) is 11.6. The Labute approximate surface area is 238 Å². The van der Waals surface area contributed by atoms with Gasteiger partial charge in [-0.15, -0.1) is 0 Å². The number of carbonyl (C=O) groups excluding carboxylic acids is 1. The fourth-order valence-corrected chi connectivity index (χ4v) is 4.59. The molecule has 4 aromatic rings.